The number of rotatable bonds is 9. The minimum absolute atomic E-state index is 0.00269. The van der Waals surface area contributed by atoms with E-state index in [1.165, 1.54) is 4.88 Å². The minimum atomic E-state index is -1.16. The molecule has 0 aliphatic heterocycles. The van der Waals surface area contributed by atoms with Gasteiger partial charge in [-0.05, 0) is 103 Å². The van der Waals surface area contributed by atoms with Crippen LogP contribution in [-0.4, -0.2) is 51.7 Å². The monoisotopic (exact) mass is 752 g/mol. The van der Waals surface area contributed by atoms with Crippen LogP contribution in [0.3, 0.4) is 0 Å². The van der Waals surface area contributed by atoms with Crippen molar-refractivity contribution in [2.45, 2.75) is 76.9 Å². The zero-order valence-corrected chi connectivity index (χ0v) is 32.7. The van der Waals surface area contributed by atoms with Crippen LogP contribution in [0.25, 0.3) is 11.1 Å². The summed E-state index contributed by atoms with van der Waals surface area (Å²) < 4.78 is 0. The number of para-hydroxylation sites is 1. The van der Waals surface area contributed by atoms with E-state index in [2.05, 4.69) is 61.0 Å². The average Bonchev–Trinajstić information content (AvgIpc) is 3.82. The maximum atomic E-state index is 15.1. The van der Waals surface area contributed by atoms with E-state index in [1.54, 1.807) is 11.3 Å². The lowest BCUT2D eigenvalue weighted by molar-refractivity contribution is -0.174. The van der Waals surface area contributed by atoms with Crippen molar-refractivity contribution in [1.82, 2.24) is 4.90 Å². The van der Waals surface area contributed by atoms with Crippen LogP contribution in [0.5, 0.6) is 0 Å². The number of anilines is 1. The molecule has 3 N–H and O–H groups in total. The molecule has 2 spiro atoms. The first-order chi connectivity index (χ1) is 26.5. The first kappa shape index (κ1) is 36.3. The normalized spacial score (nSPS) is 34.3. The summed E-state index contributed by atoms with van der Waals surface area (Å²) in [5.41, 5.74) is 1.62. The standard InChI is InChI=1S/C48H52N2O4S/c1-44-23-19-37(51)30-46(44)26-27-48(39(31-46)42(52)35-17-15-34(16-18-35)33-10-5-3-6-11-33)40(44)20-24-45(2)41(48)21-25-47(45,54)32-50(28-22-38-14-9-29-55-38)43(53)49-36-12-7-4-8-13-36/h3-18,26-27,29,31,37,40-41,51,54H,19-25,28,30,32H2,1-2H3,(H,49,53). The molecule has 7 heteroatoms. The second kappa shape index (κ2) is 13.4. The SMILES string of the molecule is CC12CCC(O)CC13C=CC1(C(C(=O)c4ccc(-c5ccccc5)cc4)=C3)C2CCC2(C)C1CCC2(O)CN(CCc1cccs1)C(=O)Nc1ccccc1. The zero-order chi connectivity index (χ0) is 38.1. The van der Waals surface area contributed by atoms with Gasteiger partial charge in [-0.3, -0.25) is 4.79 Å². The number of carbonyl (C=O) groups excluding carboxylic acids is 2. The Labute approximate surface area is 329 Å². The van der Waals surface area contributed by atoms with Gasteiger partial charge in [-0.15, -0.1) is 11.3 Å². The molecule has 8 unspecified atom stereocenters. The summed E-state index contributed by atoms with van der Waals surface area (Å²) in [5, 5.41) is 29.4. The third-order valence-corrected chi connectivity index (χ3v) is 16.1. The summed E-state index contributed by atoms with van der Waals surface area (Å²) in [5.74, 6) is 0.244. The van der Waals surface area contributed by atoms with Crippen molar-refractivity contribution in [3.05, 3.63) is 137 Å². The molecule has 3 fully saturated rings. The number of nitrogens with one attached hydrogen (secondary N) is 1. The fourth-order valence-electron chi connectivity index (χ4n) is 12.2. The van der Waals surface area contributed by atoms with Gasteiger partial charge in [0.1, 0.15) is 0 Å². The molecule has 6 nitrogen and oxygen atoms in total. The molecular weight excluding hydrogens is 701 g/mol. The number of Topliss-reactive ketones (excluding diaryl/α,β-unsaturated/α-hetero) is 1. The highest BCUT2D eigenvalue weighted by atomic mass is 32.1. The molecule has 4 aromatic rings. The largest absolute Gasteiger partial charge is 0.393 e. The molecule has 0 saturated heterocycles. The lowest BCUT2D eigenvalue weighted by Gasteiger charge is -2.71. The smallest absolute Gasteiger partial charge is 0.321 e. The lowest BCUT2D eigenvalue weighted by Crippen LogP contribution is -2.67. The lowest BCUT2D eigenvalue weighted by atomic mass is 9.32. The minimum Gasteiger partial charge on any atom is -0.393 e. The number of thiophene rings is 1. The molecule has 3 aromatic carbocycles. The maximum Gasteiger partial charge on any atom is 0.321 e. The highest BCUT2D eigenvalue weighted by molar-refractivity contribution is 7.09. The van der Waals surface area contributed by atoms with Crippen molar-refractivity contribution in [3.63, 3.8) is 0 Å². The highest BCUT2D eigenvalue weighted by Gasteiger charge is 2.74. The summed E-state index contributed by atoms with van der Waals surface area (Å²) in [7, 11) is 0. The number of aliphatic hydroxyl groups is 2. The Morgan fingerprint density at radius 3 is 2.20 bits per heavy atom. The fraction of sp³-hybridized carbons (Fsp3) is 0.417. The van der Waals surface area contributed by atoms with Crippen LogP contribution in [0, 0.1) is 33.5 Å². The Morgan fingerprint density at radius 2 is 1.47 bits per heavy atom. The topological polar surface area (TPSA) is 89.9 Å². The Bertz CT molecular complexity index is 2130. The Balaban J connectivity index is 1.08. The van der Waals surface area contributed by atoms with Crippen LogP contribution < -0.4 is 5.32 Å². The summed E-state index contributed by atoms with van der Waals surface area (Å²) in [4.78, 5) is 32.3. The van der Waals surface area contributed by atoms with E-state index in [0.29, 0.717) is 31.4 Å². The zero-order valence-electron chi connectivity index (χ0n) is 31.9. The van der Waals surface area contributed by atoms with Gasteiger partial charge in [0.05, 0.1) is 18.2 Å². The van der Waals surface area contributed by atoms with Gasteiger partial charge in [0.2, 0.25) is 0 Å². The fourth-order valence-corrected chi connectivity index (χ4v) is 12.9. The van der Waals surface area contributed by atoms with Gasteiger partial charge in [-0.2, -0.15) is 0 Å². The van der Waals surface area contributed by atoms with Gasteiger partial charge in [0, 0.05) is 44.5 Å². The van der Waals surface area contributed by atoms with E-state index >= 15 is 4.79 Å². The molecule has 1 aromatic heterocycles. The molecule has 2 bridgehead atoms. The van der Waals surface area contributed by atoms with E-state index in [-0.39, 0.29) is 35.6 Å². The molecule has 55 heavy (non-hydrogen) atoms. The molecule has 8 atom stereocenters. The predicted octanol–water partition coefficient (Wildman–Crippen LogP) is 9.97. The van der Waals surface area contributed by atoms with E-state index in [4.69, 9.17) is 0 Å². The van der Waals surface area contributed by atoms with Crippen LogP contribution in [0.1, 0.15) is 74.0 Å². The predicted molar refractivity (Wildman–Crippen MR) is 220 cm³/mol. The quantitative estimate of drug-likeness (QED) is 0.117. The summed E-state index contributed by atoms with van der Waals surface area (Å²) in [6.45, 7) is 5.37. The number of ketones is 1. The average molecular weight is 753 g/mol. The van der Waals surface area contributed by atoms with Crippen molar-refractivity contribution in [2.75, 3.05) is 18.4 Å². The third-order valence-electron chi connectivity index (χ3n) is 15.2. The number of allylic oxidation sites excluding steroid dienone is 4. The van der Waals surface area contributed by atoms with Crippen molar-refractivity contribution >= 4 is 28.8 Å². The van der Waals surface area contributed by atoms with Crippen molar-refractivity contribution in [3.8, 4) is 11.1 Å². The maximum absolute atomic E-state index is 15.1. The number of hydrogen-bond acceptors (Lipinski definition) is 5. The van der Waals surface area contributed by atoms with E-state index < -0.39 is 27.9 Å². The molecule has 0 radical (unpaired) electrons. The Kier molecular flexibility index (Phi) is 8.87. The van der Waals surface area contributed by atoms with E-state index in [9.17, 15) is 15.0 Å². The molecule has 6 aliphatic rings. The second-order valence-electron chi connectivity index (χ2n) is 17.6. The number of benzene rings is 3. The summed E-state index contributed by atoms with van der Waals surface area (Å²) >= 11 is 1.69. The number of fused-ring (bicyclic) bond motifs is 1. The molecule has 3 saturated carbocycles. The number of carbonyl (C=O) groups is 2. The number of hydrogen-bond donors (Lipinski definition) is 3. The van der Waals surface area contributed by atoms with E-state index in [1.807, 2.05) is 83.8 Å². The van der Waals surface area contributed by atoms with Crippen LogP contribution in [-0.2, 0) is 6.42 Å². The molecule has 10 rings (SSSR count). The van der Waals surface area contributed by atoms with Gasteiger partial charge in [-0.1, -0.05) is 111 Å². The Morgan fingerprint density at radius 1 is 0.800 bits per heavy atom. The van der Waals surface area contributed by atoms with Crippen molar-refractivity contribution < 1.29 is 19.8 Å². The second-order valence-corrected chi connectivity index (χ2v) is 18.7. The van der Waals surface area contributed by atoms with Gasteiger partial charge in [0.15, 0.2) is 5.78 Å². The molecular formula is C48H52N2O4S. The highest BCUT2D eigenvalue weighted by Crippen LogP contribution is 2.78. The van der Waals surface area contributed by atoms with E-state index in [0.717, 1.165) is 54.5 Å². The molecule has 6 aliphatic carbocycles. The van der Waals surface area contributed by atoms with Crippen LogP contribution >= 0.6 is 11.3 Å². The van der Waals surface area contributed by atoms with Gasteiger partial charge < -0.3 is 20.4 Å². The van der Waals surface area contributed by atoms with Crippen LogP contribution in [0.2, 0.25) is 0 Å². The van der Waals surface area contributed by atoms with Crippen molar-refractivity contribution in [2.24, 2.45) is 33.5 Å². The number of aliphatic hydroxyl groups excluding tert-OH is 1. The van der Waals surface area contributed by atoms with Crippen LogP contribution in [0.4, 0.5) is 10.5 Å². The number of nitrogens with zero attached hydrogens (tertiary/aromatic N) is 1. The summed E-state index contributed by atoms with van der Waals surface area (Å²) in [6.07, 6.45) is 12.6. The molecule has 284 valence electrons. The molecule has 2 amide bonds. The van der Waals surface area contributed by atoms with Gasteiger partial charge >= 0.3 is 6.03 Å². The van der Waals surface area contributed by atoms with Gasteiger partial charge in [0.25, 0.3) is 0 Å². The molecule has 1 heterocycles. The van der Waals surface area contributed by atoms with Crippen LogP contribution in [0.15, 0.2) is 126 Å². The third kappa shape index (κ3) is 5.63. The van der Waals surface area contributed by atoms with Crippen molar-refractivity contribution in [1.29, 1.82) is 0 Å². The number of urea groups is 1. The Hall–Kier alpha value is -4.30. The first-order valence-electron chi connectivity index (χ1n) is 20.2. The first-order valence-corrected chi connectivity index (χ1v) is 21.1. The summed E-state index contributed by atoms with van der Waals surface area (Å²) in [6, 6.07) is 31.7. The number of amides is 2. The van der Waals surface area contributed by atoms with Gasteiger partial charge in [-0.25, -0.2) is 4.79 Å².